The average Bonchev–Trinajstić information content (AvgIpc) is 2.54. The quantitative estimate of drug-likeness (QED) is 0.597. The van der Waals surface area contributed by atoms with Crippen molar-refractivity contribution in [2.24, 2.45) is 0 Å². The lowest BCUT2D eigenvalue weighted by Gasteiger charge is -2.12. The first-order valence-corrected chi connectivity index (χ1v) is 6.63. The number of hydrogen-bond donors (Lipinski definition) is 3. The minimum absolute atomic E-state index is 0.165. The van der Waals surface area contributed by atoms with E-state index < -0.39 is 11.8 Å². The van der Waals surface area contributed by atoms with E-state index in [-0.39, 0.29) is 11.3 Å². The summed E-state index contributed by atoms with van der Waals surface area (Å²) in [7, 11) is 1.44. The number of hydrogen-bond acceptors (Lipinski definition) is 4. The molecule has 114 valence electrons. The van der Waals surface area contributed by atoms with Crippen LogP contribution in [0, 0.1) is 0 Å². The normalized spacial score (nSPS) is 9.95. The predicted octanol–water partition coefficient (Wildman–Crippen LogP) is 2.72. The van der Waals surface area contributed by atoms with Crippen LogP contribution in [0.3, 0.4) is 0 Å². The average molecular weight is 321 g/mol. The lowest BCUT2D eigenvalue weighted by molar-refractivity contribution is 0.0706. The van der Waals surface area contributed by atoms with E-state index in [1.165, 1.54) is 30.8 Å². The van der Waals surface area contributed by atoms with Gasteiger partial charge >= 0.3 is 0 Å². The smallest absolute Gasteiger partial charge is 0.274 e. The molecular weight excluding hydrogens is 308 g/mol. The Balaban J connectivity index is 2.33. The highest BCUT2D eigenvalue weighted by molar-refractivity contribution is 6.34. The van der Waals surface area contributed by atoms with Gasteiger partial charge in [-0.1, -0.05) is 23.7 Å². The zero-order valence-corrected chi connectivity index (χ0v) is 12.3. The van der Waals surface area contributed by atoms with Crippen molar-refractivity contribution in [3.05, 3.63) is 58.6 Å². The third-order valence-electron chi connectivity index (χ3n) is 2.93. The summed E-state index contributed by atoms with van der Waals surface area (Å²) in [6.45, 7) is 0. The lowest BCUT2D eigenvalue weighted by Crippen LogP contribution is -2.19. The highest BCUT2D eigenvalue weighted by Gasteiger charge is 2.14. The van der Waals surface area contributed by atoms with Crippen molar-refractivity contribution in [1.82, 2.24) is 5.48 Å². The van der Waals surface area contributed by atoms with Crippen molar-refractivity contribution >= 4 is 29.1 Å². The van der Waals surface area contributed by atoms with Crippen LogP contribution in [-0.2, 0) is 0 Å². The van der Waals surface area contributed by atoms with Gasteiger partial charge in [0, 0.05) is 5.56 Å². The fourth-order valence-electron chi connectivity index (χ4n) is 1.85. The molecule has 2 aromatic rings. The van der Waals surface area contributed by atoms with Crippen LogP contribution in [0.25, 0.3) is 0 Å². The monoisotopic (exact) mass is 320 g/mol. The molecule has 0 spiro atoms. The Labute approximate surface area is 131 Å². The molecule has 2 rings (SSSR count). The summed E-state index contributed by atoms with van der Waals surface area (Å²) >= 11 is 5.97. The van der Waals surface area contributed by atoms with E-state index in [0.29, 0.717) is 16.3 Å². The maximum absolute atomic E-state index is 12.3. The van der Waals surface area contributed by atoms with E-state index in [4.69, 9.17) is 21.5 Å². The Bertz CT molecular complexity index is 718. The van der Waals surface area contributed by atoms with Gasteiger partial charge in [-0.2, -0.15) is 0 Å². The molecule has 7 heteroatoms. The number of carbonyl (C=O) groups excluding carboxylic acids is 2. The maximum Gasteiger partial charge on any atom is 0.274 e. The molecule has 0 unspecified atom stereocenters. The third-order valence-corrected chi connectivity index (χ3v) is 3.26. The summed E-state index contributed by atoms with van der Waals surface area (Å²) in [5.74, 6) is -0.767. The van der Waals surface area contributed by atoms with Crippen molar-refractivity contribution in [1.29, 1.82) is 0 Å². The van der Waals surface area contributed by atoms with Crippen LogP contribution < -0.4 is 15.5 Å². The molecule has 22 heavy (non-hydrogen) atoms. The second kappa shape index (κ2) is 6.93. The summed E-state index contributed by atoms with van der Waals surface area (Å²) < 4.78 is 5.14. The van der Waals surface area contributed by atoms with Crippen molar-refractivity contribution < 1.29 is 19.5 Å². The Morgan fingerprint density at radius 1 is 1.14 bits per heavy atom. The number of benzene rings is 2. The number of hydroxylamine groups is 1. The van der Waals surface area contributed by atoms with Crippen LogP contribution in [0.5, 0.6) is 5.75 Å². The number of ether oxygens (including phenoxy) is 1. The fraction of sp³-hybridized carbons (Fsp3) is 0.0667. The SMILES string of the molecule is COc1ccc(C(=O)NO)cc1NC(=O)c1ccccc1Cl. The molecule has 0 aliphatic rings. The maximum atomic E-state index is 12.3. The summed E-state index contributed by atoms with van der Waals surface area (Å²) in [6.07, 6.45) is 0. The zero-order chi connectivity index (χ0) is 16.1. The first kappa shape index (κ1) is 15.8. The van der Waals surface area contributed by atoms with E-state index in [1.54, 1.807) is 24.3 Å². The number of amides is 2. The van der Waals surface area contributed by atoms with Gasteiger partial charge in [-0.05, 0) is 30.3 Å². The summed E-state index contributed by atoms with van der Waals surface area (Å²) in [5, 5.41) is 11.6. The van der Waals surface area contributed by atoms with Crippen molar-refractivity contribution in [2.45, 2.75) is 0 Å². The van der Waals surface area contributed by atoms with E-state index >= 15 is 0 Å². The summed E-state index contributed by atoms with van der Waals surface area (Å²) in [5.41, 5.74) is 2.27. The number of carbonyl (C=O) groups is 2. The molecule has 0 fully saturated rings. The molecule has 0 bridgehead atoms. The molecule has 2 aromatic carbocycles. The number of nitrogens with one attached hydrogen (secondary N) is 2. The highest BCUT2D eigenvalue weighted by atomic mass is 35.5. The fourth-order valence-corrected chi connectivity index (χ4v) is 2.07. The molecule has 0 atom stereocenters. The van der Waals surface area contributed by atoms with Gasteiger partial charge in [0.2, 0.25) is 0 Å². The van der Waals surface area contributed by atoms with Crippen molar-refractivity contribution in [3.63, 3.8) is 0 Å². The standard InChI is InChI=1S/C15H13ClN2O4/c1-22-13-7-6-9(14(19)18-21)8-12(13)17-15(20)10-4-2-3-5-11(10)16/h2-8,21H,1H3,(H,17,20)(H,18,19). The third kappa shape index (κ3) is 3.36. The molecule has 0 aromatic heterocycles. The van der Waals surface area contributed by atoms with Crippen molar-refractivity contribution in [2.75, 3.05) is 12.4 Å². The van der Waals surface area contributed by atoms with Crippen LogP contribution in [0.4, 0.5) is 5.69 Å². The minimum atomic E-state index is -0.698. The number of halogens is 1. The first-order chi connectivity index (χ1) is 10.6. The van der Waals surface area contributed by atoms with Crippen LogP contribution >= 0.6 is 11.6 Å². The molecule has 2 amide bonds. The summed E-state index contributed by atoms with van der Waals surface area (Å²) in [6, 6.07) is 10.9. The molecule has 0 radical (unpaired) electrons. The number of methoxy groups -OCH3 is 1. The van der Waals surface area contributed by atoms with Crippen LogP contribution in [0.15, 0.2) is 42.5 Å². The van der Waals surface area contributed by atoms with Gasteiger partial charge in [0.1, 0.15) is 5.75 Å². The Morgan fingerprint density at radius 2 is 1.86 bits per heavy atom. The highest BCUT2D eigenvalue weighted by Crippen LogP contribution is 2.27. The minimum Gasteiger partial charge on any atom is -0.495 e. The van der Waals surface area contributed by atoms with Gasteiger partial charge in [0.25, 0.3) is 11.8 Å². The molecule has 3 N–H and O–H groups in total. The summed E-state index contributed by atoms with van der Waals surface area (Å²) in [4.78, 5) is 23.7. The molecule has 0 heterocycles. The van der Waals surface area contributed by atoms with Gasteiger partial charge in [-0.15, -0.1) is 0 Å². The second-order valence-electron chi connectivity index (χ2n) is 4.29. The first-order valence-electron chi connectivity index (χ1n) is 6.25. The van der Waals surface area contributed by atoms with Crippen LogP contribution in [0.2, 0.25) is 5.02 Å². The predicted molar refractivity (Wildman–Crippen MR) is 81.7 cm³/mol. The Kier molecular flexibility index (Phi) is 4.98. The lowest BCUT2D eigenvalue weighted by atomic mass is 10.1. The molecule has 0 aliphatic carbocycles. The molecular formula is C15H13ClN2O4. The molecule has 6 nitrogen and oxygen atoms in total. The number of anilines is 1. The largest absolute Gasteiger partial charge is 0.495 e. The van der Waals surface area contributed by atoms with E-state index in [2.05, 4.69) is 5.32 Å². The van der Waals surface area contributed by atoms with Gasteiger partial charge in [0.05, 0.1) is 23.4 Å². The second-order valence-corrected chi connectivity index (χ2v) is 4.70. The molecule has 0 aliphatic heterocycles. The Hall–Kier alpha value is -2.57. The van der Waals surface area contributed by atoms with Gasteiger partial charge in [-0.3, -0.25) is 14.8 Å². The van der Waals surface area contributed by atoms with Crippen LogP contribution in [-0.4, -0.2) is 24.1 Å². The Morgan fingerprint density at radius 3 is 2.50 bits per heavy atom. The number of rotatable bonds is 4. The topological polar surface area (TPSA) is 87.7 Å². The van der Waals surface area contributed by atoms with Gasteiger partial charge < -0.3 is 10.1 Å². The van der Waals surface area contributed by atoms with Crippen molar-refractivity contribution in [3.8, 4) is 5.75 Å². The van der Waals surface area contributed by atoms with E-state index in [0.717, 1.165) is 0 Å². The molecule has 0 saturated heterocycles. The van der Waals surface area contributed by atoms with Gasteiger partial charge in [-0.25, -0.2) is 5.48 Å². The van der Waals surface area contributed by atoms with E-state index in [9.17, 15) is 9.59 Å². The zero-order valence-electron chi connectivity index (χ0n) is 11.6. The van der Waals surface area contributed by atoms with Gasteiger partial charge in [0.15, 0.2) is 0 Å². The molecule has 0 saturated carbocycles. The van der Waals surface area contributed by atoms with E-state index in [1.807, 2.05) is 0 Å². The van der Waals surface area contributed by atoms with Crippen LogP contribution in [0.1, 0.15) is 20.7 Å².